The average molecular weight is 252 g/mol. The van der Waals surface area contributed by atoms with E-state index in [0.717, 1.165) is 17.7 Å². The summed E-state index contributed by atoms with van der Waals surface area (Å²) in [5.74, 6) is 0.0439. The number of aromatic hydroxyl groups is 1. The van der Waals surface area contributed by atoms with Gasteiger partial charge in [-0.1, -0.05) is 18.2 Å². The zero-order chi connectivity index (χ0) is 13.3. The van der Waals surface area contributed by atoms with Crippen molar-refractivity contribution in [3.63, 3.8) is 0 Å². The first-order chi connectivity index (χ1) is 8.36. The molecular weight excluding hydrogens is 241 g/mol. The van der Waals surface area contributed by atoms with Crippen molar-refractivity contribution in [2.45, 2.75) is 13.1 Å². The smallest absolute Gasteiger partial charge is 0.416 e. The van der Waals surface area contributed by atoms with Crippen molar-refractivity contribution in [2.75, 3.05) is 0 Å². The van der Waals surface area contributed by atoms with E-state index in [1.807, 2.05) is 0 Å². The summed E-state index contributed by atoms with van der Waals surface area (Å²) in [6.07, 6.45) is -4.36. The summed E-state index contributed by atoms with van der Waals surface area (Å²) in [5.41, 5.74) is 1.10. The minimum absolute atomic E-state index is 0.0439. The molecule has 0 aliphatic rings. The van der Waals surface area contributed by atoms with E-state index in [9.17, 15) is 18.3 Å². The lowest BCUT2D eigenvalue weighted by Crippen LogP contribution is -2.04. The summed E-state index contributed by atoms with van der Waals surface area (Å²) in [6, 6.07) is 9.78. The average Bonchev–Trinajstić information content (AvgIpc) is 2.27. The number of rotatable bonds is 1. The lowest BCUT2D eigenvalue weighted by molar-refractivity contribution is -0.137. The Balaban J connectivity index is 2.51. The highest BCUT2D eigenvalue weighted by Gasteiger charge is 2.30. The Morgan fingerprint density at radius 3 is 2.28 bits per heavy atom. The number of alkyl halides is 3. The van der Waals surface area contributed by atoms with Crippen molar-refractivity contribution in [2.24, 2.45) is 0 Å². The molecule has 94 valence electrons. The number of aryl methyl sites for hydroxylation is 1. The zero-order valence-corrected chi connectivity index (χ0v) is 9.62. The number of halogens is 3. The van der Waals surface area contributed by atoms with E-state index in [2.05, 4.69) is 0 Å². The van der Waals surface area contributed by atoms with Gasteiger partial charge in [0, 0.05) is 0 Å². The van der Waals surface area contributed by atoms with Gasteiger partial charge >= 0.3 is 6.18 Å². The van der Waals surface area contributed by atoms with Crippen LogP contribution in [0.2, 0.25) is 0 Å². The van der Waals surface area contributed by atoms with E-state index in [-0.39, 0.29) is 5.75 Å². The molecule has 0 fully saturated rings. The van der Waals surface area contributed by atoms with Gasteiger partial charge in [0.2, 0.25) is 0 Å². The number of benzene rings is 2. The van der Waals surface area contributed by atoms with Gasteiger partial charge in [0.25, 0.3) is 0 Å². The molecule has 0 heterocycles. The molecule has 1 nitrogen and oxygen atoms in total. The molecule has 0 radical (unpaired) electrons. The Kier molecular flexibility index (Phi) is 3.03. The summed E-state index contributed by atoms with van der Waals surface area (Å²) >= 11 is 0. The SMILES string of the molecule is Cc1cc(O)cc(-c2cccc(C(F)(F)F)c2)c1. The third kappa shape index (κ3) is 2.64. The zero-order valence-electron chi connectivity index (χ0n) is 9.62. The molecule has 18 heavy (non-hydrogen) atoms. The van der Waals surface area contributed by atoms with Crippen LogP contribution in [0, 0.1) is 6.92 Å². The van der Waals surface area contributed by atoms with Crippen LogP contribution < -0.4 is 0 Å². The molecule has 0 atom stereocenters. The van der Waals surface area contributed by atoms with Gasteiger partial charge in [-0.3, -0.25) is 0 Å². The number of phenols is 1. The molecule has 0 aliphatic carbocycles. The molecule has 0 spiro atoms. The summed E-state index contributed by atoms with van der Waals surface area (Å²) in [7, 11) is 0. The van der Waals surface area contributed by atoms with E-state index in [1.54, 1.807) is 25.1 Å². The van der Waals surface area contributed by atoms with Crippen LogP contribution >= 0.6 is 0 Å². The second kappa shape index (κ2) is 4.37. The Morgan fingerprint density at radius 1 is 0.944 bits per heavy atom. The molecule has 0 saturated heterocycles. The predicted molar refractivity (Wildman–Crippen MR) is 63.3 cm³/mol. The molecule has 0 unspecified atom stereocenters. The van der Waals surface area contributed by atoms with Gasteiger partial charge in [0.1, 0.15) is 5.75 Å². The molecule has 0 aromatic heterocycles. The minimum atomic E-state index is -4.36. The van der Waals surface area contributed by atoms with Crippen molar-refractivity contribution in [3.8, 4) is 16.9 Å². The van der Waals surface area contributed by atoms with E-state index >= 15 is 0 Å². The summed E-state index contributed by atoms with van der Waals surface area (Å²) in [4.78, 5) is 0. The Labute approximate surface area is 103 Å². The van der Waals surface area contributed by atoms with Crippen LogP contribution in [0.15, 0.2) is 42.5 Å². The first-order valence-electron chi connectivity index (χ1n) is 5.34. The maximum absolute atomic E-state index is 12.6. The first kappa shape index (κ1) is 12.5. The second-order valence-electron chi connectivity index (χ2n) is 4.14. The lowest BCUT2D eigenvalue weighted by atomic mass is 10.0. The number of hydrogen-bond acceptors (Lipinski definition) is 1. The van der Waals surface area contributed by atoms with Gasteiger partial charge in [0.05, 0.1) is 5.56 Å². The Morgan fingerprint density at radius 2 is 1.67 bits per heavy atom. The molecule has 0 saturated carbocycles. The summed E-state index contributed by atoms with van der Waals surface area (Å²) in [5, 5.41) is 9.46. The van der Waals surface area contributed by atoms with Crippen LogP contribution in [0.4, 0.5) is 13.2 Å². The standard InChI is InChI=1S/C14H11F3O/c1-9-5-11(8-13(18)6-9)10-3-2-4-12(7-10)14(15,16)17/h2-8,18H,1H3. The highest BCUT2D eigenvalue weighted by Crippen LogP contribution is 2.33. The molecule has 0 amide bonds. The molecule has 1 N–H and O–H groups in total. The van der Waals surface area contributed by atoms with Crippen LogP contribution in [0.25, 0.3) is 11.1 Å². The van der Waals surface area contributed by atoms with Crippen molar-refractivity contribution >= 4 is 0 Å². The summed E-state index contributed by atoms with van der Waals surface area (Å²) < 4.78 is 37.8. The number of phenolic OH excluding ortho intramolecular Hbond substituents is 1. The van der Waals surface area contributed by atoms with Gasteiger partial charge in [-0.15, -0.1) is 0 Å². The first-order valence-corrected chi connectivity index (χ1v) is 5.34. The van der Waals surface area contributed by atoms with Gasteiger partial charge < -0.3 is 5.11 Å². The quantitative estimate of drug-likeness (QED) is 0.798. The maximum atomic E-state index is 12.6. The molecular formula is C14H11F3O. The van der Waals surface area contributed by atoms with Gasteiger partial charge in [-0.2, -0.15) is 13.2 Å². The third-order valence-electron chi connectivity index (χ3n) is 2.59. The van der Waals surface area contributed by atoms with Crippen molar-refractivity contribution in [1.82, 2.24) is 0 Å². The highest BCUT2D eigenvalue weighted by molar-refractivity contribution is 5.66. The fourth-order valence-corrected chi connectivity index (χ4v) is 1.80. The topological polar surface area (TPSA) is 20.2 Å². The maximum Gasteiger partial charge on any atom is 0.416 e. The van der Waals surface area contributed by atoms with Crippen molar-refractivity contribution in [1.29, 1.82) is 0 Å². The molecule has 2 aromatic carbocycles. The molecule has 2 rings (SSSR count). The van der Waals surface area contributed by atoms with Crippen LogP contribution in [0.1, 0.15) is 11.1 Å². The van der Waals surface area contributed by atoms with Crippen LogP contribution in [0.3, 0.4) is 0 Å². The fourth-order valence-electron chi connectivity index (χ4n) is 1.80. The normalized spacial score (nSPS) is 11.6. The molecule has 2 aromatic rings. The Bertz CT molecular complexity index is 553. The monoisotopic (exact) mass is 252 g/mol. The van der Waals surface area contributed by atoms with Crippen molar-refractivity contribution in [3.05, 3.63) is 53.6 Å². The molecule has 0 aliphatic heterocycles. The van der Waals surface area contributed by atoms with Gasteiger partial charge in [-0.05, 0) is 47.9 Å². The fraction of sp³-hybridized carbons (Fsp3) is 0.143. The largest absolute Gasteiger partial charge is 0.508 e. The van der Waals surface area contributed by atoms with E-state index in [1.165, 1.54) is 12.1 Å². The molecule has 0 bridgehead atoms. The van der Waals surface area contributed by atoms with Gasteiger partial charge in [-0.25, -0.2) is 0 Å². The van der Waals surface area contributed by atoms with Crippen molar-refractivity contribution < 1.29 is 18.3 Å². The highest BCUT2D eigenvalue weighted by atomic mass is 19.4. The second-order valence-corrected chi connectivity index (χ2v) is 4.14. The summed E-state index contributed by atoms with van der Waals surface area (Å²) in [6.45, 7) is 1.77. The van der Waals surface area contributed by atoms with Gasteiger partial charge in [0.15, 0.2) is 0 Å². The minimum Gasteiger partial charge on any atom is -0.508 e. The van der Waals surface area contributed by atoms with E-state index in [0.29, 0.717) is 11.1 Å². The van der Waals surface area contributed by atoms with E-state index < -0.39 is 11.7 Å². The molecule has 4 heteroatoms. The third-order valence-corrected chi connectivity index (χ3v) is 2.59. The lowest BCUT2D eigenvalue weighted by Gasteiger charge is -2.09. The van der Waals surface area contributed by atoms with Crippen LogP contribution in [-0.2, 0) is 6.18 Å². The van der Waals surface area contributed by atoms with E-state index in [4.69, 9.17) is 0 Å². The predicted octanol–water partition coefficient (Wildman–Crippen LogP) is 4.39. The van der Waals surface area contributed by atoms with Crippen LogP contribution in [0.5, 0.6) is 5.75 Å². The number of hydrogen-bond donors (Lipinski definition) is 1. The Hall–Kier alpha value is -1.97. The van der Waals surface area contributed by atoms with Crippen LogP contribution in [-0.4, -0.2) is 5.11 Å².